The Kier molecular flexibility index (Phi) is 3.62. The fourth-order valence-corrected chi connectivity index (χ4v) is 3.27. The van der Waals surface area contributed by atoms with Crippen molar-refractivity contribution in [2.45, 2.75) is 12.8 Å². The molecule has 1 aliphatic carbocycles. The molecule has 1 aromatic heterocycles. The number of aryl methyl sites for hydroxylation is 2. The Bertz CT molecular complexity index is 944. The molecule has 3 aromatic rings. The average Bonchev–Trinajstić information content (AvgIpc) is 2.74. The van der Waals surface area contributed by atoms with Crippen LogP contribution in [0.5, 0.6) is 0 Å². The van der Waals surface area contributed by atoms with Crippen molar-refractivity contribution in [1.29, 1.82) is 0 Å². The van der Waals surface area contributed by atoms with E-state index in [0.29, 0.717) is 0 Å². The molecule has 0 bridgehead atoms. The van der Waals surface area contributed by atoms with Crippen molar-refractivity contribution in [3.63, 3.8) is 0 Å². The molecule has 2 N–H and O–H groups in total. The highest BCUT2D eigenvalue weighted by Gasteiger charge is 2.19. The van der Waals surface area contributed by atoms with Crippen molar-refractivity contribution in [3.05, 3.63) is 94.6 Å². The molecule has 118 valence electrons. The van der Waals surface area contributed by atoms with Crippen molar-refractivity contribution in [2.24, 2.45) is 0 Å². The summed E-state index contributed by atoms with van der Waals surface area (Å²) in [6.07, 6.45) is 5.47. The van der Waals surface area contributed by atoms with Gasteiger partial charge in [0.05, 0.1) is 0 Å². The van der Waals surface area contributed by atoms with Gasteiger partial charge in [-0.05, 0) is 65.4 Å². The first-order valence-corrected chi connectivity index (χ1v) is 8.01. The summed E-state index contributed by atoms with van der Waals surface area (Å²) < 4.78 is 13.7. The minimum atomic E-state index is -0.203. The maximum absolute atomic E-state index is 13.7. The molecule has 0 spiro atoms. The Hall–Kier alpha value is -2.94. The lowest BCUT2D eigenvalue weighted by Crippen LogP contribution is -1.96. The van der Waals surface area contributed by atoms with E-state index in [2.05, 4.69) is 17.1 Å². The molecule has 2 aromatic carbocycles. The number of nitrogens with two attached hydrogens (primary N) is 1. The number of hydrogen-bond acceptors (Lipinski definition) is 2. The number of pyridine rings is 1. The molecule has 4 rings (SSSR count). The molecule has 0 radical (unpaired) electrons. The highest BCUT2D eigenvalue weighted by atomic mass is 19.1. The van der Waals surface area contributed by atoms with E-state index in [9.17, 15) is 4.39 Å². The SMILES string of the molecule is Nc1ccccc1C=C1c2ccc(F)cc2CCc2ncccc21. The zero-order chi connectivity index (χ0) is 16.5. The number of rotatable bonds is 1. The molecule has 0 fully saturated rings. The minimum absolute atomic E-state index is 0.203. The molecular formula is C21H17FN2. The van der Waals surface area contributed by atoms with Gasteiger partial charge < -0.3 is 5.73 Å². The summed E-state index contributed by atoms with van der Waals surface area (Å²) in [4.78, 5) is 4.53. The van der Waals surface area contributed by atoms with Crippen molar-refractivity contribution in [2.75, 3.05) is 5.73 Å². The lowest BCUT2D eigenvalue weighted by atomic mass is 9.93. The van der Waals surface area contributed by atoms with Gasteiger partial charge in [0.2, 0.25) is 0 Å². The van der Waals surface area contributed by atoms with E-state index in [1.165, 1.54) is 6.07 Å². The molecule has 24 heavy (non-hydrogen) atoms. The molecule has 2 nitrogen and oxygen atoms in total. The van der Waals surface area contributed by atoms with Crippen molar-refractivity contribution in [1.82, 2.24) is 4.98 Å². The molecule has 0 atom stereocenters. The van der Waals surface area contributed by atoms with Crippen LogP contribution in [-0.2, 0) is 12.8 Å². The Labute approximate surface area is 140 Å². The lowest BCUT2D eigenvalue weighted by Gasteiger charge is -2.12. The molecule has 3 heteroatoms. The summed E-state index contributed by atoms with van der Waals surface area (Å²) in [6, 6.07) is 16.8. The van der Waals surface area contributed by atoms with Crippen molar-refractivity contribution < 1.29 is 4.39 Å². The van der Waals surface area contributed by atoms with E-state index in [1.54, 1.807) is 6.07 Å². The van der Waals surface area contributed by atoms with Crippen LogP contribution in [0.25, 0.3) is 11.6 Å². The zero-order valence-electron chi connectivity index (χ0n) is 13.2. The Morgan fingerprint density at radius 1 is 0.958 bits per heavy atom. The van der Waals surface area contributed by atoms with Gasteiger partial charge >= 0.3 is 0 Å². The first-order chi connectivity index (χ1) is 11.7. The number of hydrogen-bond donors (Lipinski definition) is 1. The first kappa shape index (κ1) is 14.6. The second-order valence-corrected chi connectivity index (χ2v) is 5.99. The number of nitrogens with zero attached hydrogens (tertiary/aromatic N) is 1. The third-order valence-electron chi connectivity index (χ3n) is 4.46. The van der Waals surface area contributed by atoms with E-state index in [4.69, 9.17) is 5.73 Å². The van der Waals surface area contributed by atoms with Crippen LogP contribution in [0.3, 0.4) is 0 Å². The number of halogens is 1. The van der Waals surface area contributed by atoms with Crippen LogP contribution in [0.2, 0.25) is 0 Å². The second-order valence-electron chi connectivity index (χ2n) is 5.99. The maximum Gasteiger partial charge on any atom is 0.123 e. The van der Waals surface area contributed by atoms with Gasteiger partial charge in [0.15, 0.2) is 0 Å². The van der Waals surface area contributed by atoms with Crippen LogP contribution in [0, 0.1) is 5.82 Å². The standard InChI is InChI=1S/C21H17FN2/c22-16-8-9-17-14(12-16)7-10-21-18(5-3-11-24-21)19(17)13-15-4-1-2-6-20(15)23/h1-6,8-9,11-13H,7,10,23H2. The van der Waals surface area contributed by atoms with Gasteiger partial charge in [0.1, 0.15) is 5.82 Å². The number of nitrogen functional groups attached to an aromatic ring is 1. The van der Waals surface area contributed by atoms with E-state index in [0.717, 1.165) is 52.0 Å². The van der Waals surface area contributed by atoms with Crippen LogP contribution >= 0.6 is 0 Å². The van der Waals surface area contributed by atoms with Gasteiger partial charge in [-0.15, -0.1) is 0 Å². The fourth-order valence-electron chi connectivity index (χ4n) is 3.27. The van der Waals surface area contributed by atoms with Gasteiger partial charge in [-0.1, -0.05) is 30.3 Å². The smallest absolute Gasteiger partial charge is 0.123 e. The monoisotopic (exact) mass is 316 g/mol. The number of para-hydroxylation sites is 1. The lowest BCUT2D eigenvalue weighted by molar-refractivity contribution is 0.625. The number of aromatic nitrogens is 1. The summed E-state index contributed by atoms with van der Waals surface area (Å²) >= 11 is 0. The highest BCUT2D eigenvalue weighted by molar-refractivity contribution is 5.95. The van der Waals surface area contributed by atoms with Gasteiger partial charge in [0, 0.05) is 23.1 Å². The normalized spacial score (nSPS) is 14.8. The molecular weight excluding hydrogens is 299 g/mol. The number of benzene rings is 2. The third kappa shape index (κ3) is 2.58. The van der Waals surface area contributed by atoms with Crippen molar-refractivity contribution >= 4 is 17.3 Å². The van der Waals surface area contributed by atoms with E-state index in [-0.39, 0.29) is 5.82 Å². The van der Waals surface area contributed by atoms with Crippen LogP contribution in [0.1, 0.15) is 27.9 Å². The van der Waals surface area contributed by atoms with Gasteiger partial charge in [-0.2, -0.15) is 0 Å². The summed E-state index contributed by atoms with van der Waals surface area (Å²) in [5.74, 6) is -0.203. The number of fused-ring (bicyclic) bond motifs is 2. The Morgan fingerprint density at radius 3 is 2.71 bits per heavy atom. The third-order valence-corrected chi connectivity index (χ3v) is 4.46. The topological polar surface area (TPSA) is 38.9 Å². The molecule has 1 aliphatic rings. The summed E-state index contributed by atoms with van der Waals surface area (Å²) in [5, 5.41) is 0. The van der Waals surface area contributed by atoms with E-state index < -0.39 is 0 Å². The molecule has 0 aliphatic heterocycles. The predicted octanol–water partition coefficient (Wildman–Crippen LogP) is 4.49. The predicted molar refractivity (Wildman–Crippen MR) is 95.9 cm³/mol. The molecule has 0 unspecified atom stereocenters. The largest absolute Gasteiger partial charge is 0.398 e. The van der Waals surface area contributed by atoms with Gasteiger partial charge in [0.25, 0.3) is 0 Å². The van der Waals surface area contributed by atoms with Crippen LogP contribution in [0.15, 0.2) is 60.8 Å². The first-order valence-electron chi connectivity index (χ1n) is 8.01. The van der Waals surface area contributed by atoms with Crippen LogP contribution in [-0.4, -0.2) is 4.98 Å². The van der Waals surface area contributed by atoms with Crippen LogP contribution in [0.4, 0.5) is 10.1 Å². The van der Waals surface area contributed by atoms with Crippen LogP contribution < -0.4 is 5.73 Å². The zero-order valence-corrected chi connectivity index (χ0v) is 13.2. The quantitative estimate of drug-likeness (QED) is 0.672. The Morgan fingerprint density at radius 2 is 1.83 bits per heavy atom. The molecule has 1 heterocycles. The van der Waals surface area contributed by atoms with Gasteiger partial charge in [-0.3, -0.25) is 4.98 Å². The number of anilines is 1. The van der Waals surface area contributed by atoms with E-state index in [1.807, 2.05) is 42.6 Å². The summed E-state index contributed by atoms with van der Waals surface area (Å²) in [7, 11) is 0. The molecule has 0 saturated heterocycles. The minimum Gasteiger partial charge on any atom is -0.398 e. The summed E-state index contributed by atoms with van der Waals surface area (Å²) in [5.41, 5.74) is 13.0. The highest BCUT2D eigenvalue weighted by Crippen LogP contribution is 2.35. The van der Waals surface area contributed by atoms with E-state index >= 15 is 0 Å². The molecule has 0 amide bonds. The fraction of sp³-hybridized carbons (Fsp3) is 0.0952. The Balaban J connectivity index is 1.99. The maximum atomic E-state index is 13.7. The summed E-state index contributed by atoms with van der Waals surface area (Å²) in [6.45, 7) is 0. The average molecular weight is 316 g/mol. The molecule has 0 saturated carbocycles. The van der Waals surface area contributed by atoms with Crippen molar-refractivity contribution in [3.8, 4) is 0 Å². The second kappa shape index (κ2) is 5.93. The van der Waals surface area contributed by atoms with Gasteiger partial charge in [-0.25, -0.2) is 4.39 Å².